The van der Waals surface area contributed by atoms with Crippen molar-refractivity contribution in [3.05, 3.63) is 11.8 Å². The summed E-state index contributed by atoms with van der Waals surface area (Å²) in [6, 6.07) is 0.997. The Kier molecular flexibility index (Phi) is 3.29. The van der Waals surface area contributed by atoms with Crippen molar-refractivity contribution in [3.8, 4) is 0 Å². The Balaban J connectivity index is 2.34. The van der Waals surface area contributed by atoms with Crippen molar-refractivity contribution >= 4 is 11.8 Å². The maximum absolute atomic E-state index is 12.6. The van der Waals surface area contributed by atoms with Crippen molar-refractivity contribution in [2.75, 3.05) is 23.8 Å². The quantitative estimate of drug-likeness (QED) is 0.848. The molecule has 0 bridgehead atoms. The van der Waals surface area contributed by atoms with E-state index < -0.39 is 17.8 Å². The van der Waals surface area contributed by atoms with E-state index in [2.05, 4.69) is 9.97 Å². The molecule has 3 N–H and O–H groups in total. The highest BCUT2D eigenvalue weighted by Gasteiger charge is 2.36. The third-order valence-electron chi connectivity index (χ3n) is 2.64. The smallest absolute Gasteiger partial charge is 0.395 e. The lowest BCUT2D eigenvalue weighted by Gasteiger charge is -2.23. The number of nitrogens with two attached hydrogens (primary N) is 1. The van der Waals surface area contributed by atoms with E-state index in [0.717, 1.165) is 18.9 Å². The monoisotopic (exact) mass is 262 g/mol. The van der Waals surface area contributed by atoms with Gasteiger partial charge in [0.25, 0.3) is 0 Å². The average molecular weight is 262 g/mol. The molecule has 2 rings (SSSR count). The van der Waals surface area contributed by atoms with Crippen LogP contribution >= 0.6 is 0 Å². The molecule has 5 nitrogen and oxygen atoms in total. The molecule has 0 aromatic carbocycles. The molecule has 0 unspecified atom stereocenters. The molecule has 1 aromatic rings. The number of rotatable bonds is 4. The van der Waals surface area contributed by atoms with Gasteiger partial charge in [-0.2, -0.15) is 18.2 Å². The molecule has 0 spiro atoms. The summed E-state index contributed by atoms with van der Waals surface area (Å²) in [4.78, 5) is 8.62. The van der Waals surface area contributed by atoms with E-state index in [1.165, 1.54) is 0 Å². The van der Waals surface area contributed by atoms with Crippen molar-refractivity contribution < 1.29 is 18.3 Å². The highest BCUT2D eigenvalue weighted by molar-refractivity contribution is 5.46. The maximum Gasteiger partial charge on any atom is 0.433 e. The van der Waals surface area contributed by atoms with Crippen LogP contribution in [-0.4, -0.2) is 34.3 Å². The zero-order valence-corrected chi connectivity index (χ0v) is 9.48. The van der Waals surface area contributed by atoms with Gasteiger partial charge in [0.15, 0.2) is 5.69 Å². The van der Waals surface area contributed by atoms with Gasteiger partial charge >= 0.3 is 6.18 Å². The van der Waals surface area contributed by atoms with Gasteiger partial charge in [0.2, 0.25) is 5.95 Å². The van der Waals surface area contributed by atoms with E-state index in [4.69, 9.17) is 10.8 Å². The first-order chi connectivity index (χ1) is 8.41. The van der Waals surface area contributed by atoms with Crippen molar-refractivity contribution in [2.45, 2.75) is 25.1 Å². The summed E-state index contributed by atoms with van der Waals surface area (Å²) in [5.74, 6) is -0.296. The van der Waals surface area contributed by atoms with E-state index in [-0.39, 0.29) is 25.0 Å². The van der Waals surface area contributed by atoms with Crippen LogP contribution in [0.3, 0.4) is 0 Å². The van der Waals surface area contributed by atoms with Crippen molar-refractivity contribution in [1.82, 2.24) is 9.97 Å². The van der Waals surface area contributed by atoms with Gasteiger partial charge in [-0.1, -0.05) is 0 Å². The first-order valence-electron chi connectivity index (χ1n) is 5.51. The number of nitrogens with zero attached hydrogens (tertiary/aromatic N) is 3. The summed E-state index contributed by atoms with van der Waals surface area (Å²) in [7, 11) is 0. The van der Waals surface area contributed by atoms with Crippen LogP contribution in [0.15, 0.2) is 6.07 Å². The molecule has 8 heteroatoms. The fourth-order valence-electron chi connectivity index (χ4n) is 1.72. The van der Waals surface area contributed by atoms with E-state index in [1.54, 1.807) is 4.90 Å². The number of hydrogen-bond acceptors (Lipinski definition) is 5. The van der Waals surface area contributed by atoms with Crippen molar-refractivity contribution in [1.29, 1.82) is 0 Å². The fraction of sp³-hybridized carbons (Fsp3) is 0.600. The first kappa shape index (κ1) is 12.9. The Morgan fingerprint density at radius 3 is 2.56 bits per heavy atom. The molecule has 1 aliphatic carbocycles. The summed E-state index contributed by atoms with van der Waals surface area (Å²) in [6.07, 6.45) is -2.79. The first-order valence-corrected chi connectivity index (χ1v) is 5.51. The minimum Gasteiger partial charge on any atom is -0.395 e. The molecule has 1 aromatic heterocycles. The summed E-state index contributed by atoms with van der Waals surface area (Å²) in [5, 5.41) is 8.93. The molecule has 0 atom stereocenters. The number of aromatic nitrogens is 2. The predicted octanol–water partition coefficient (Wildman–Crippen LogP) is 1.04. The highest BCUT2D eigenvalue weighted by Crippen LogP contribution is 2.34. The normalized spacial score (nSPS) is 15.8. The Morgan fingerprint density at radius 1 is 1.39 bits per heavy atom. The molecule has 100 valence electrons. The van der Waals surface area contributed by atoms with Gasteiger partial charge in [-0.25, -0.2) is 4.98 Å². The minimum absolute atomic E-state index is 0.117. The van der Waals surface area contributed by atoms with Crippen LogP contribution in [0.2, 0.25) is 0 Å². The lowest BCUT2D eigenvalue weighted by Crippen LogP contribution is -2.30. The van der Waals surface area contributed by atoms with Gasteiger partial charge in [-0.3, -0.25) is 0 Å². The molecule has 0 aliphatic heterocycles. The van der Waals surface area contributed by atoms with Gasteiger partial charge in [0.1, 0.15) is 5.82 Å². The summed E-state index contributed by atoms with van der Waals surface area (Å²) >= 11 is 0. The van der Waals surface area contributed by atoms with Crippen LogP contribution in [0.1, 0.15) is 18.5 Å². The van der Waals surface area contributed by atoms with Gasteiger partial charge in [-0.15, -0.1) is 0 Å². The van der Waals surface area contributed by atoms with Crippen LogP contribution in [0.5, 0.6) is 0 Å². The number of aliphatic hydroxyl groups is 1. The molecular weight excluding hydrogens is 249 g/mol. The number of nitrogen functional groups attached to an aromatic ring is 1. The van der Waals surface area contributed by atoms with Gasteiger partial charge in [-0.05, 0) is 12.8 Å². The summed E-state index contributed by atoms with van der Waals surface area (Å²) in [5.41, 5.74) is 4.24. The van der Waals surface area contributed by atoms with Gasteiger partial charge < -0.3 is 15.7 Å². The molecule has 0 amide bonds. The molecule has 1 heterocycles. The summed E-state index contributed by atoms with van der Waals surface area (Å²) < 4.78 is 37.8. The zero-order valence-electron chi connectivity index (χ0n) is 9.48. The zero-order chi connectivity index (χ0) is 13.3. The lowest BCUT2D eigenvalue weighted by molar-refractivity contribution is -0.141. The number of hydrogen-bond donors (Lipinski definition) is 2. The van der Waals surface area contributed by atoms with Crippen LogP contribution in [0, 0.1) is 0 Å². The largest absolute Gasteiger partial charge is 0.433 e. The molecular formula is C10H13F3N4O. The highest BCUT2D eigenvalue weighted by atomic mass is 19.4. The van der Waals surface area contributed by atoms with Crippen LogP contribution < -0.4 is 10.6 Å². The summed E-state index contributed by atoms with van der Waals surface area (Å²) in [6.45, 7) is 0.0835. The number of alkyl halides is 3. The van der Waals surface area contributed by atoms with Crippen LogP contribution in [0.25, 0.3) is 0 Å². The topological polar surface area (TPSA) is 75.3 Å². The van der Waals surface area contributed by atoms with Crippen molar-refractivity contribution in [3.63, 3.8) is 0 Å². The van der Waals surface area contributed by atoms with E-state index in [9.17, 15) is 13.2 Å². The SMILES string of the molecule is Nc1nc(N(CCO)C2CC2)cc(C(F)(F)F)n1. The number of halogens is 3. The Bertz CT molecular complexity index is 434. The Labute approximate surface area is 101 Å². The molecule has 0 radical (unpaired) electrons. The third-order valence-corrected chi connectivity index (χ3v) is 2.64. The molecule has 0 saturated heterocycles. The standard InChI is InChI=1S/C10H13F3N4O/c11-10(12,13)7-5-8(16-9(14)15-7)17(3-4-18)6-1-2-6/h5-6,18H,1-4H2,(H2,14,15,16). The number of aliphatic hydroxyl groups excluding tert-OH is 1. The minimum atomic E-state index is -4.56. The molecule has 1 saturated carbocycles. The van der Waals surface area contributed by atoms with Crippen LogP contribution in [-0.2, 0) is 6.18 Å². The van der Waals surface area contributed by atoms with Gasteiger partial charge in [0.05, 0.1) is 6.61 Å². The lowest BCUT2D eigenvalue weighted by atomic mass is 10.3. The van der Waals surface area contributed by atoms with Crippen molar-refractivity contribution in [2.24, 2.45) is 0 Å². The maximum atomic E-state index is 12.6. The molecule has 18 heavy (non-hydrogen) atoms. The Hall–Kier alpha value is -1.57. The second-order valence-electron chi connectivity index (χ2n) is 4.12. The van der Waals surface area contributed by atoms with E-state index in [1.807, 2.05) is 0 Å². The number of anilines is 2. The van der Waals surface area contributed by atoms with Crippen LogP contribution in [0.4, 0.5) is 24.9 Å². The van der Waals surface area contributed by atoms with E-state index in [0.29, 0.717) is 0 Å². The third kappa shape index (κ3) is 2.81. The van der Waals surface area contributed by atoms with Gasteiger partial charge in [0, 0.05) is 18.7 Å². The predicted molar refractivity (Wildman–Crippen MR) is 58.9 cm³/mol. The fourth-order valence-corrected chi connectivity index (χ4v) is 1.72. The second kappa shape index (κ2) is 4.60. The molecule has 1 fully saturated rings. The molecule has 1 aliphatic rings. The average Bonchev–Trinajstić information content (AvgIpc) is 3.07. The second-order valence-corrected chi connectivity index (χ2v) is 4.12. The van der Waals surface area contributed by atoms with E-state index >= 15 is 0 Å². The Morgan fingerprint density at radius 2 is 2.06 bits per heavy atom.